The summed E-state index contributed by atoms with van der Waals surface area (Å²) in [5, 5.41) is 14.4. The fourth-order valence-electron chi connectivity index (χ4n) is 11.4. The van der Waals surface area contributed by atoms with Crippen LogP contribution in [0.15, 0.2) is 72.3 Å². The summed E-state index contributed by atoms with van der Waals surface area (Å²) in [7, 11) is -10.7. The van der Waals surface area contributed by atoms with Gasteiger partial charge in [-0.15, -0.1) is 0 Å². The van der Waals surface area contributed by atoms with E-state index in [1.54, 1.807) is 29.2 Å². The number of hydrogen-bond acceptors (Lipinski definition) is 12. The lowest BCUT2D eigenvalue weighted by Gasteiger charge is -2.59. The van der Waals surface area contributed by atoms with E-state index in [0.717, 1.165) is 16.7 Å². The van der Waals surface area contributed by atoms with E-state index in [1.807, 2.05) is 63.2 Å². The molecule has 1 saturated heterocycles. The Morgan fingerprint density at radius 1 is 1.00 bits per heavy atom. The van der Waals surface area contributed by atoms with Crippen LogP contribution in [0, 0.1) is 40.4 Å². The molecule has 0 aromatic heterocycles. The first-order valence-corrected chi connectivity index (χ1v) is 24.8. The predicted octanol–water partition coefficient (Wildman–Crippen LogP) is 5.82. The Balaban J connectivity index is 0.849. The van der Waals surface area contributed by atoms with Gasteiger partial charge < -0.3 is 34.6 Å². The number of phosphoric ester groups is 2. The molecule has 3 saturated carbocycles. The number of allylic oxidation sites excluding steroid dienone is 4. The van der Waals surface area contributed by atoms with Gasteiger partial charge in [-0.1, -0.05) is 81.0 Å². The molecule has 0 spiro atoms. The fourth-order valence-corrected chi connectivity index (χ4v) is 13.5. The zero-order valence-electron chi connectivity index (χ0n) is 36.0. The normalized spacial score (nSPS) is 32.9. The molecular formula is C46H54N2O14P2. The number of amides is 2. The van der Waals surface area contributed by atoms with Crippen molar-refractivity contribution >= 4 is 44.7 Å². The molecule has 11 atom stereocenters. The maximum absolute atomic E-state index is 14.5. The largest absolute Gasteiger partial charge is 0.481 e. The molecule has 342 valence electrons. The number of anilines is 1. The van der Waals surface area contributed by atoms with Gasteiger partial charge in [0, 0.05) is 47.3 Å². The van der Waals surface area contributed by atoms with Gasteiger partial charge in [0.15, 0.2) is 23.5 Å². The fraction of sp³-hybridized carbons (Fsp3) is 0.522. The number of aliphatic hydroxyl groups excluding tert-OH is 1. The van der Waals surface area contributed by atoms with Crippen LogP contribution in [0.2, 0.25) is 0 Å². The Labute approximate surface area is 371 Å². The van der Waals surface area contributed by atoms with Gasteiger partial charge in [-0.3, -0.25) is 28.2 Å². The molecule has 3 unspecified atom stereocenters. The first kappa shape index (κ1) is 46.4. The molecule has 2 heterocycles. The van der Waals surface area contributed by atoms with E-state index in [1.165, 1.54) is 0 Å². The zero-order valence-corrected chi connectivity index (χ0v) is 37.8. The topological polar surface area (TPSA) is 225 Å². The molecule has 2 aromatic carbocycles. The molecule has 0 bridgehead atoms. The van der Waals surface area contributed by atoms with E-state index in [9.17, 15) is 43.2 Å². The van der Waals surface area contributed by atoms with Crippen molar-refractivity contribution in [3.63, 3.8) is 0 Å². The highest BCUT2D eigenvalue weighted by atomic mass is 31.3. The molecule has 2 aliphatic heterocycles. The zero-order chi connectivity index (χ0) is 45.7. The number of benzene rings is 2. The number of rotatable bonds is 15. The number of nitrogens with zero attached hydrogens (tertiary/aromatic N) is 1. The maximum atomic E-state index is 14.5. The number of aliphatic hydroxyl groups is 1. The van der Waals surface area contributed by atoms with E-state index < -0.39 is 75.5 Å². The lowest BCUT2D eigenvalue weighted by molar-refractivity contribution is -0.200. The number of ether oxygens (including phenoxy) is 2. The molecule has 64 heavy (non-hydrogen) atoms. The van der Waals surface area contributed by atoms with E-state index >= 15 is 0 Å². The van der Waals surface area contributed by atoms with Crippen molar-refractivity contribution in [3.05, 3.63) is 89.0 Å². The van der Waals surface area contributed by atoms with Crippen molar-refractivity contribution in [2.45, 2.75) is 103 Å². The van der Waals surface area contributed by atoms with Gasteiger partial charge in [0.2, 0.25) is 11.8 Å². The molecule has 2 aromatic rings. The summed E-state index contributed by atoms with van der Waals surface area (Å²) < 4.78 is 53.2. The minimum atomic E-state index is -5.44. The molecule has 16 nitrogen and oxygen atoms in total. The minimum Gasteiger partial charge on any atom is -0.393 e. The van der Waals surface area contributed by atoms with Crippen LogP contribution in [-0.4, -0.2) is 82.1 Å². The van der Waals surface area contributed by atoms with Gasteiger partial charge >= 0.3 is 15.6 Å². The third kappa shape index (κ3) is 8.69. The molecule has 4 fully saturated rings. The molecule has 4 N–H and O–H groups in total. The summed E-state index contributed by atoms with van der Waals surface area (Å²) in [4.78, 5) is 75.4. The van der Waals surface area contributed by atoms with Crippen molar-refractivity contribution < 1.29 is 66.0 Å². The monoisotopic (exact) mass is 920 g/mol. The minimum absolute atomic E-state index is 0.0692. The second kappa shape index (κ2) is 17.9. The summed E-state index contributed by atoms with van der Waals surface area (Å²) in [5.74, 6) is 4.12. The van der Waals surface area contributed by atoms with Gasteiger partial charge in [0.1, 0.15) is 6.61 Å². The summed E-state index contributed by atoms with van der Waals surface area (Å²) in [6.07, 6.45) is 5.35. The Morgan fingerprint density at radius 2 is 1.72 bits per heavy atom. The van der Waals surface area contributed by atoms with E-state index in [-0.39, 0.29) is 61.8 Å². The highest BCUT2D eigenvalue weighted by molar-refractivity contribution is 7.61. The smallest absolute Gasteiger partial charge is 0.393 e. The highest BCUT2D eigenvalue weighted by Gasteiger charge is 2.76. The number of ketones is 2. The van der Waals surface area contributed by atoms with Crippen LogP contribution in [-0.2, 0) is 57.7 Å². The number of carbonyl (C=O) groups is 4. The predicted molar refractivity (Wildman–Crippen MR) is 231 cm³/mol. The number of carbonyl (C=O) groups excluding carboxylic acids is 4. The second-order valence-corrected chi connectivity index (χ2v) is 21.0. The third-order valence-corrected chi connectivity index (χ3v) is 16.8. The Kier molecular flexibility index (Phi) is 13.0. The number of para-hydroxylation sites is 1. The summed E-state index contributed by atoms with van der Waals surface area (Å²) in [5.41, 5.74) is 0.675. The second-order valence-electron chi connectivity index (χ2n) is 17.9. The van der Waals surface area contributed by atoms with Crippen LogP contribution in [0.3, 0.4) is 0 Å². The Morgan fingerprint density at radius 3 is 2.50 bits per heavy atom. The number of nitrogens with one attached hydrogen (secondary N) is 1. The molecule has 2 amide bonds. The van der Waals surface area contributed by atoms with Crippen LogP contribution in [0.1, 0.15) is 88.8 Å². The summed E-state index contributed by atoms with van der Waals surface area (Å²) in [6.45, 7) is 4.13. The SMILES string of the molecule is CCCC1O[C@@H]2C[C@H]3[C@@H]4CCC5=CC(=O)C=C[C@]5(C)[C@H]4[C@@H](O)C[C@]3(C)[C@]2(C(=O)COP(=O)(O)OP(=O)(O)OCCNC(=O)CCC(=O)N2Cc3ccccc3C#Cc3ccccc32)O1. The molecule has 0 radical (unpaired) electrons. The molecule has 8 rings (SSSR count). The van der Waals surface area contributed by atoms with E-state index in [0.29, 0.717) is 43.4 Å². The Bertz CT molecular complexity index is 2450. The standard InChI is InChI=1S/C46H54N2O14P2/c1-4-9-42-60-39-25-35-34-17-16-32-24-33(49)20-21-44(32,2)43(34)37(50)26-45(35,3)46(39,61-42)38(51)28-59-64(56,57)62-63(54,55)58-23-22-47-40(52)18-19-41(53)48-27-31-12-6-5-10-29(31)14-15-30-11-7-8-13-36(30)48/h5-8,10-13,20-21,24,34-35,37,39,42-43,50H,4,9,16-19,22-23,25-28H2,1-3H3,(H,47,52)(H,54,55)(H,56,57)/t34-,35-,37-,39+,42?,43+,44-,45-,46+/m0/s1. The van der Waals surface area contributed by atoms with Crippen LogP contribution in [0.4, 0.5) is 5.69 Å². The van der Waals surface area contributed by atoms with Gasteiger partial charge in [-0.2, -0.15) is 4.31 Å². The number of fused-ring (bicyclic) bond motifs is 9. The van der Waals surface area contributed by atoms with Crippen LogP contribution in [0.25, 0.3) is 0 Å². The maximum Gasteiger partial charge on any atom is 0.481 e. The number of Topliss-reactive ketones (excluding diaryl/α,β-unsaturated/α-hetero) is 1. The number of phosphoric acid groups is 2. The van der Waals surface area contributed by atoms with Crippen molar-refractivity contribution in [1.82, 2.24) is 5.32 Å². The molecule has 18 heteroatoms. The first-order chi connectivity index (χ1) is 30.4. The molecular weight excluding hydrogens is 866 g/mol. The summed E-state index contributed by atoms with van der Waals surface area (Å²) >= 11 is 0. The average Bonchev–Trinajstić information content (AvgIpc) is 3.72. The van der Waals surface area contributed by atoms with Crippen LogP contribution >= 0.6 is 15.6 Å². The van der Waals surface area contributed by atoms with Crippen LogP contribution < -0.4 is 10.2 Å². The van der Waals surface area contributed by atoms with Crippen molar-refractivity contribution in [1.29, 1.82) is 0 Å². The lowest BCUT2D eigenvalue weighted by atomic mass is 9.46. The quantitative estimate of drug-likeness (QED) is 0.0940. The molecule has 6 aliphatic rings. The first-order valence-electron chi connectivity index (χ1n) is 21.8. The van der Waals surface area contributed by atoms with Crippen molar-refractivity contribution in [2.75, 3.05) is 24.7 Å². The average molecular weight is 921 g/mol. The Hall–Kier alpha value is -4.10. The molecule has 4 aliphatic carbocycles. The van der Waals surface area contributed by atoms with E-state index in [2.05, 4.69) is 21.5 Å². The van der Waals surface area contributed by atoms with Gasteiger partial charge in [0.05, 0.1) is 31.0 Å². The third-order valence-electron chi connectivity index (χ3n) is 14.2. The highest BCUT2D eigenvalue weighted by Crippen LogP contribution is 2.70. The van der Waals surface area contributed by atoms with Gasteiger partial charge in [-0.25, -0.2) is 9.13 Å². The lowest BCUT2D eigenvalue weighted by Crippen LogP contribution is -2.63. The van der Waals surface area contributed by atoms with Crippen molar-refractivity contribution in [2.24, 2.45) is 28.6 Å². The van der Waals surface area contributed by atoms with E-state index in [4.69, 9.17) is 18.5 Å². The van der Waals surface area contributed by atoms with Gasteiger partial charge in [-0.05, 0) is 79.9 Å². The van der Waals surface area contributed by atoms with Crippen molar-refractivity contribution in [3.8, 4) is 11.8 Å². The van der Waals surface area contributed by atoms with Crippen LogP contribution in [0.5, 0.6) is 0 Å². The number of hydrogen-bond donors (Lipinski definition) is 4. The summed E-state index contributed by atoms with van der Waals surface area (Å²) in [6, 6.07) is 14.7. The van der Waals surface area contributed by atoms with Gasteiger partial charge in [0.25, 0.3) is 0 Å².